The van der Waals surface area contributed by atoms with Gasteiger partial charge in [0.05, 0.1) is 26.7 Å². The second-order valence-corrected chi connectivity index (χ2v) is 7.97. The molecule has 2 N–H and O–H groups in total. The lowest BCUT2D eigenvalue weighted by Gasteiger charge is -2.18. The third kappa shape index (κ3) is 6.16. The van der Waals surface area contributed by atoms with Crippen LogP contribution in [-0.4, -0.2) is 56.1 Å². The Morgan fingerprint density at radius 3 is 2.38 bits per heavy atom. The Hall–Kier alpha value is -3.79. The number of aryl methyl sites for hydroxylation is 1. The van der Waals surface area contributed by atoms with Gasteiger partial charge in [0.2, 0.25) is 5.91 Å². The highest BCUT2D eigenvalue weighted by Crippen LogP contribution is 2.24. The van der Waals surface area contributed by atoms with Crippen LogP contribution < -0.4 is 20.2 Å². The van der Waals surface area contributed by atoms with Crippen LogP contribution in [0.4, 0.5) is 5.69 Å². The first-order valence-electron chi connectivity index (χ1n) is 10.3. The summed E-state index contributed by atoms with van der Waals surface area (Å²) in [5.74, 6) is -2.30. The van der Waals surface area contributed by atoms with Crippen molar-refractivity contribution < 1.29 is 33.4 Å². The lowest BCUT2D eigenvalue weighted by molar-refractivity contribution is -0.151. The van der Waals surface area contributed by atoms with Gasteiger partial charge in [-0.3, -0.25) is 29.6 Å². The summed E-state index contributed by atoms with van der Waals surface area (Å²) in [5, 5.41) is 4.13. The maximum absolute atomic E-state index is 12.6. The number of rotatable bonds is 8. The number of anilines is 1. The number of carbonyl (C=O) groups excluding carboxylic acids is 4. The van der Waals surface area contributed by atoms with Crippen molar-refractivity contribution in [1.29, 1.82) is 0 Å². The minimum absolute atomic E-state index is 0.0836. The second kappa shape index (κ2) is 10.9. The van der Waals surface area contributed by atoms with Gasteiger partial charge in [-0.2, -0.15) is 0 Å². The number of hydrogen-bond acceptors (Lipinski definition) is 7. The summed E-state index contributed by atoms with van der Waals surface area (Å²) in [6.45, 7) is 1.22. The van der Waals surface area contributed by atoms with E-state index in [4.69, 9.17) is 25.8 Å². The van der Waals surface area contributed by atoms with Gasteiger partial charge in [-0.05, 0) is 36.8 Å². The molecule has 0 unspecified atom stereocenters. The predicted octanol–water partition coefficient (Wildman–Crippen LogP) is 2.34. The molecule has 1 heterocycles. The molecule has 10 nitrogen and oxygen atoms in total. The summed E-state index contributed by atoms with van der Waals surface area (Å²) in [5.41, 5.74) is 4.01. The van der Waals surface area contributed by atoms with Gasteiger partial charge in [-0.25, -0.2) is 0 Å². The summed E-state index contributed by atoms with van der Waals surface area (Å²) in [4.78, 5) is 49.3. The van der Waals surface area contributed by atoms with Crippen molar-refractivity contribution in [3.63, 3.8) is 0 Å². The molecule has 1 fully saturated rings. The van der Waals surface area contributed by atoms with Gasteiger partial charge in [0.1, 0.15) is 11.5 Å². The molecule has 0 aliphatic carbocycles. The fourth-order valence-electron chi connectivity index (χ4n) is 3.22. The van der Waals surface area contributed by atoms with Crippen LogP contribution >= 0.6 is 11.6 Å². The molecule has 180 valence electrons. The molecule has 1 saturated heterocycles. The summed E-state index contributed by atoms with van der Waals surface area (Å²) in [7, 11) is 2.90. The molecule has 0 spiro atoms. The van der Waals surface area contributed by atoms with Crippen LogP contribution in [0.1, 0.15) is 22.3 Å². The zero-order valence-corrected chi connectivity index (χ0v) is 19.6. The topological polar surface area (TPSA) is 123 Å². The van der Waals surface area contributed by atoms with Crippen LogP contribution in [0, 0.1) is 12.8 Å². The highest BCUT2D eigenvalue weighted by molar-refractivity contribution is 6.31. The number of amides is 3. The largest absolute Gasteiger partial charge is 0.497 e. The van der Waals surface area contributed by atoms with Crippen LogP contribution in [-0.2, 0) is 19.1 Å². The van der Waals surface area contributed by atoms with Crippen LogP contribution in [0.2, 0.25) is 5.02 Å². The average Bonchev–Trinajstić information content (AvgIpc) is 3.19. The Bertz CT molecular complexity index is 1100. The number of methoxy groups -OCH3 is 2. The second-order valence-electron chi connectivity index (χ2n) is 7.57. The molecule has 0 radical (unpaired) electrons. The molecule has 1 aliphatic heterocycles. The maximum Gasteiger partial charge on any atom is 0.311 e. The van der Waals surface area contributed by atoms with E-state index in [1.165, 1.54) is 26.4 Å². The van der Waals surface area contributed by atoms with Crippen molar-refractivity contribution in [3.8, 4) is 11.5 Å². The highest BCUT2D eigenvalue weighted by Gasteiger charge is 2.36. The molecule has 0 saturated carbocycles. The maximum atomic E-state index is 12.6. The number of nitrogens with zero attached hydrogens (tertiary/aromatic N) is 1. The minimum atomic E-state index is -0.825. The third-order valence-corrected chi connectivity index (χ3v) is 5.52. The van der Waals surface area contributed by atoms with Gasteiger partial charge < -0.3 is 19.5 Å². The van der Waals surface area contributed by atoms with Gasteiger partial charge in [0.15, 0.2) is 6.61 Å². The molecule has 3 rings (SSSR count). The molecule has 2 aromatic carbocycles. The Morgan fingerprint density at radius 1 is 1.09 bits per heavy atom. The molecule has 1 aliphatic rings. The van der Waals surface area contributed by atoms with Crippen molar-refractivity contribution in [1.82, 2.24) is 10.4 Å². The molecule has 34 heavy (non-hydrogen) atoms. The first kappa shape index (κ1) is 24.8. The number of halogens is 1. The zero-order chi connectivity index (χ0) is 24.8. The number of esters is 1. The number of hydrazine groups is 1. The Morgan fingerprint density at radius 2 is 1.76 bits per heavy atom. The summed E-state index contributed by atoms with van der Waals surface area (Å²) in [6, 6.07) is 9.60. The van der Waals surface area contributed by atoms with Gasteiger partial charge in [0, 0.05) is 28.8 Å². The lowest BCUT2D eigenvalue weighted by atomic mass is 10.1. The SMILES string of the molecule is COc1cc(OC)cc(C(=O)NN2C[C@@H](C(=O)OCC(=O)Nc3ccc(C)c(Cl)c3)CC2=O)c1. The molecular weight excluding hydrogens is 466 g/mol. The van der Waals surface area contributed by atoms with E-state index in [-0.39, 0.29) is 18.5 Å². The fourth-order valence-corrected chi connectivity index (χ4v) is 3.40. The van der Waals surface area contributed by atoms with E-state index >= 15 is 0 Å². The smallest absolute Gasteiger partial charge is 0.311 e. The average molecular weight is 490 g/mol. The van der Waals surface area contributed by atoms with E-state index in [1.807, 2.05) is 6.92 Å². The monoisotopic (exact) mass is 489 g/mol. The predicted molar refractivity (Wildman–Crippen MR) is 123 cm³/mol. The Kier molecular flexibility index (Phi) is 7.95. The van der Waals surface area contributed by atoms with Crippen molar-refractivity contribution in [2.75, 3.05) is 32.7 Å². The first-order chi connectivity index (χ1) is 16.2. The van der Waals surface area contributed by atoms with E-state index in [9.17, 15) is 19.2 Å². The van der Waals surface area contributed by atoms with E-state index in [0.29, 0.717) is 22.2 Å². The van der Waals surface area contributed by atoms with Gasteiger partial charge in [-0.15, -0.1) is 0 Å². The number of hydrogen-bond donors (Lipinski definition) is 2. The summed E-state index contributed by atoms with van der Waals surface area (Å²) < 4.78 is 15.3. The van der Waals surface area contributed by atoms with E-state index in [0.717, 1.165) is 10.6 Å². The van der Waals surface area contributed by atoms with E-state index < -0.39 is 36.2 Å². The van der Waals surface area contributed by atoms with Crippen LogP contribution in [0.3, 0.4) is 0 Å². The number of carbonyl (C=O) groups is 4. The number of ether oxygens (including phenoxy) is 3. The Balaban J connectivity index is 1.52. The van der Waals surface area contributed by atoms with E-state index in [1.54, 1.807) is 24.3 Å². The van der Waals surface area contributed by atoms with Crippen molar-refractivity contribution in [2.24, 2.45) is 5.92 Å². The van der Waals surface area contributed by atoms with Gasteiger partial charge in [0.25, 0.3) is 11.8 Å². The quantitative estimate of drug-likeness (QED) is 0.545. The molecule has 0 bridgehead atoms. The number of nitrogens with one attached hydrogen (secondary N) is 2. The normalized spacial score (nSPS) is 15.0. The standard InChI is InChI=1S/C23H24ClN3O7/c1-13-4-5-16(9-19(13)24)25-20(28)12-34-23(31)15-8-21(29)27(11-15)26-22(30)14-6-17(32-2)10-18(7-14)33-3/h4-7,9-10,15H,8,11-12H2,1-3H3,(H,25,28)(H,26,30)/t15-/m0/s1. The third-order valence-electron chi connectivity index (χ3n) is 5.11. The number of benzene rings is 2. The van der Waals surface area contributed by atoms with Crippen LogP contribution in [0.5, 0.6) is 11.5 Å². The minimum Gasteiger partial charge on any atom is -0.497 e. The molecule has 3 amide bonds. The summed E-state index contributed by atoms with van der Waals surface area (Å²) >= 11 is 6.03. The molecule has 11 heteroatoms. The molecule has 1 atom stereocenters. The van der Waals surface area contributed by atoms with Crippen LogP contribution in [0.25, 0.3) is 0 Å². The summed E-state index contributed by atoms with van der Waals surface area (Å²) in [6.07, 6.45) is -0.157. The van der Waals surface area contributed by atoms with Crippen molar-refractivity contribution in [2.45, 2.75) is 13.3 Å². The first-order valence-corrected chi connectivity index (χ1v) is 10.6. The lowest BCUT2D eigenvalue weighted by Crippen LogP contribution is -2.43. The van der Waals surface area contributed by atoms with Gasteiger partial charge >= 0.3 is 5.97 Å². The Labute approximate surface area is 201 Å². The van der Waals surface area contributed by atoms with E-state index in [2.05, 4.69) is 10.7 Å². The van der Waals surface area contributed by atoms with Gasteiger partial charge in [-0.1, -0.05) is 17.7 Å². The molecule has 2 aromatic rings. The van der Waals surface area contributed by atoms with Crippen molar-refractivity contribution >= 4 is 41.0 Å². The van der Waals surface area contributed by atoms with Crippen molar-refractivity contribution in [3.05, 3.63) is 52.5 Å². The fraction of sp³-hybridized carbons (Fsp3) is 0.304. The van der Waals surface area contributed by atoms with Crippen LogP contribution in [0.15, 0.2) is 36.4 Å². The zero-order valence-electron chi connectivity index (χ0n) is 18.8. The highest BCUT2D eigenvalue weighted by atomic mass is 35.5. The molecule has 0 aromatic heterocycles. The molecular formula is C23H24ClN3O7.